The number of halogens is 1. The molecule has 0 bridgehead atoms. The number of sulfonamides is 1. The van der Waals surface area contributed by atoms with Crippen LogP contribution < -0.4 is 5.73 Å². The standard InChI is InChI=1S/C23H21ClN4O2S/c1-16-7-13-20(14-8-16)31(29,30)27-23(25)28-15-21(17-5-3-2-4-6-17)22(26-28)18-9-11-19(24)12-10-18/h2-14,21H,15H2,1H3,(H2,25,27)/t21-/m0/s1. The number of guanidine groups is 1. The van der Waals surface area contributed by atoms with E-state index in [9.17, 15) is 8.42 Å². The number of hydrogen-bond donors (Lipinski definition) is 1. The van der Waals surface area contributed by atoms with E-state index in [0.29, 0.717) is 11.6 Å². The average Bonchev–Trinajstić information content (AvgIpc) is 3.21. The van der Waals surface area contributed by atoms with Crippen molar-refractivity contribution in [3.63, 3.8) is 0 Å². The Morgan fingerprint density at radius 3 is 2.32 bits per heavy atom. The Kier molecular flexibility index (Phi) is 5.80. The van der Waals surface area contributed by atoms with Gasteiger partial charge in [-0.1, -0.05) is 71.8 Å². The molecule has 0 unspecified atom stereocenters. The van der Waals surface area contributed by atoms with Gasteiger partial charge in [0.15, 0.2) is 0 Å². The van der Waals surface area contributed by atoms with E-state index >= 15 is 0 Å². The van der Waals surface area contributed by atoms with Gasteiger partial charge in [0.25, 0.3) is 10.0 Å². The van der Waals surface area contributed by atoms with Gasteiger partial charge < -0.3 is 5.73 Å². The summed E-state index contributed by atoms with van der Waals surface area (Å²) < 4.78 is 29.2. The molecule has 3 aromatic rings. The van der Waals surface area contributed by atoms with E-state index < -0.39 is 10.0 Å². The van der Waals surface area contributed by atoms with E-state index in [1.54, 1.807) is 24.3 Å². The summed E-state index contributed by atoms with van der Waals surface area (Å²) in [6.07, 6.45) is 0. The van der Waals surface area contributed by atoms with E-state index in [4.69, 9.17) is 17.3 Å². The first-order valence-corrected chi connectivity index (χ1v) is 11.5. The van der Waals surface area contributed by atoms with Crippen LogP contribution in [0.5, 0.6) is 0 Å². The van der Waals surface area contributed by atoms with Crippen molar-refractivity contribution < 1.29 is 8.42 Å². The van der Waals surface area contributed by atoms with Crippen LogP contribution in [0.25, 0.3) is 0 Å². The number of nitrogens with zero attached hydrogens (tertiary/aromatic N) is 3. The molecule has 1 aliphatic heterocycles. The van der Waals surface area contributed by atoms with Crippen molar-refractivity contribution in [2.75, 3.05) is 6.54 Å². The number of benzene rings is 3. The molecule has 1 heterocycles. The van der Waals surface area contributed by atoms with Gasteiger partial charge in [-0.15, -0.1) is 4.40 Å². The van der Waals surface area contributed by atoms with Crippen LogP contribution in [0, 0.1) is 6.92 Å². The van der Waals surface area contributed by atoms with Crippen LogP contribution in [-0.4, -0.2) is 31.6 Å². The largest absolute Gasteiger partial charge is 0.367 e. The van der Waals surface area contributed by atoms with E-state index in [1.165, 1.54) is 17.1 Å². The van der Waals surface area contributed by atoms with Crippen LogP contribution in [0.15, 0.2) is 93.3 Å². The lowest BCUT2D eigenvalue weighted by Gasteiger charge is -2.15. The Labute approximate surface area is 186 Å². The predicted octanol–water partition coefficient (Wildman–Crippen LogP) is 4.16. The van der Waals surface area contributed by atoms with Crippen molar-refractivity contribution in [2.24, 2.45) is 15.2 Å². The van der Waals surface area contributed by atoms with Crippen molar-refractivity contribution in [1.82, 2.24) is 5.01 Å². The van der Waals surface area contributed by atoms with Crippen molar-refractivity contribution >= 4 is 33.3 Å². The third kappa shape index (κ3) is 4.62. The first kappa shape index (κ1) is 21.1. The summed E-state index contributed by atoms with van der Waals surface area (Å²) in [4.78, 5) is 0.0850. The summed E-state index contributed by atoms with van der Waals surface area (Å²) in [6, 6.07) is 23.7. The topological polar surface area (TPSA) is 88.1 Å². The summed E-state index contributed by atoms with van der Waals surface area (Å²) >= 11 is 6.04. The highest BCUT2D eigenvalue weighted by Crippen LogP contribution is 2.29. The first-order valence-electron chi connectivity index (χ1n) is 9.67. The molecule has 0 fully saturated rings. The highest BCUT2D eigenvalue weighted by atomic mass is 35.5. The second kappa shape index (κ2) is 8.53. The molecular formula is C23H21ClN4O2S. The second-order valence-corrected chi connectivity index (χ2v) is 9.32. The molecule has 0 radical (unpaired) electrons. The summed E-state index contributed by atoms with van der Waals surface area (Å²) in [5.41, 5.74) is 9.77. The highest BCUT2D eigenvalue weighted by molar-refractivity contribution is 7.90. The lowest BCUT2D eigenvalue weighted by Crippen LogP contribution is -2.33. The van der Waals surface area contributed by atoms with Crippen molar-refractivity contribution in [3.05, 3.63) is 101 Å². The van der Waals surface area contributed by atoms with E-state index in [0.717, 1.165) is 22.4 Å². The van der Waals surface area contributed by atoms with Crippen molar-refractivity contribution in [3.8, 4) is 0 Å². The maximum absolute atomic E-state index is 12.7. The quantitative estimate of drug-likeness (QED) is 0.475. The minimum Gasteiger partial charge on any atom is -0.367 e. The van der Waals surface area contributed by atoms with Gasteiger partial charge in [-0.05, 0) is 42.3 Å². The van der Waals surface area contributed by atoms with E-state index in [1.807, 2.05) is 49.4 Å². The van der Waals surface area contributed by atoms with Crippen molar-refractivity contribution in [1.29, 1.82) is 0 Å². The Hall–Kier alpha value is -3.16. The van der Waals surface area contributed by atoms with Gasteiger partial charge in [0.2, 0.25) is 5.96 Å². The third-order valence-corrected chi connectivity index (χ3v) is 6.60. The average molecular weight is 453 g/mol. The van der Waals surface area contributed by atoms with Crippen LogP contribution in [0.4, 0.5) is 0 Å². The monoisotopic (exact) mass is 452 g/mol. The predicted molar refractivity (Wildman–Crippen MR) is 124 cm³/mol. The smallest absolute Gasteiger partial charge is 0.285 e. The molecular weight excluding hydrogens is 432 g/mol. The molecule has 0 saturated carbocycles. The van der Waals surface area contributed by atoms with Gasteiger partial charge >= 0.3 is 0 Å². The summed E-state index contributed by atoms with van der Waals surface area (Å²) in [5.74, 6) is -0.274. The Morgan fingerprint density at radius 1 is 1.03 bits per heavy atom. The minimum absolute atomic E-state index is 0.0850. The highest BCUT2D eigenvalue weighted by Gasteiger charge is 2.31. The Balaban J connectivity index is 1.70. The number of aryl methyl sites for hydroxylation is 1. The fourth-order valence-electron chi connectivity index (χ4n) is 3.41. The zero-order chi connectivity index (χ0) is 22.0. The maximum Gasteiger partial charge on any atom is 0.285 e. The Bertz CT molecular complexity index is 1240. The van der Waals surface area contributed by atoms with Crippen LogP contribution in [0.3, 0.4) is 0 Å². The van der Waals surface area contributed by atoms with Crippen LogP contribution in [0.1, 0.15) is 22.6 Å². The second-order valence-electron chi connectivity index (χ2n) is 7.28. The molecule has 1 aliphatic rings. The number of hydrogen-bond acceptors (Lipinski definition) is 3. The lowest BCUT2D eigenvalue weighted by atomic mass is 9.91. The molecule has 2 N–H and O–H groups in total. The minimum atomic E-state index is -3.95. The third-order valence-electron chi connectivity index (χ3n) is 5.05. The molecule has 0 saturated heterocycles. The molecule has 0 spiro atoms. The maximum atomic E-state index is 12.7. The summed E-state index contributed by atoms with van der Waals surface area (Å²) in [7, 11) is -3.95. The number of hydrazone groups is 1. The molecule has 4 rings (SSSR count). The van der Waals surface area contributed by atoms with E-state index in [-0.39, 0.29) is 16.8 Å². The van der Waals surface area contributed by atoms with Crippen LogP contribution in [-0.2, 0) is 10.0 Å². The number of nitrogens with two attached hydrogens (primary N) is 1. The summed E-state index contributed by atoms with van der Waals surface area (Å²) in [5, 5.41) is 6.69. The van der Waals surface area contributed by atoms with Gasteiger partial charge in [-0.2, -0.15) is 13.5 Å². The molecule has 1 atom stereocenters. The molecule has 6 nitrogen and oxygen atoms in total. The van der Waals surface area contributed by atoms with Gasteiger partial charge in [-0.25, -0.2) is 5.01 Å². The van der Waals surface area contributed by atoms with Gasteiger partial charge in [0.1, 0.15) is 0 Å². The van der Waals surface area contributed by atoms with Crippen LogP contribution >= 0.6 is 11.6 Å². The molecule has 0 aromatic heterocycles. The van der Waals surface area contributed by atoms with Crippen molar-refractivity contribution in [2.45, 2.75) is 17.7 Å². The molecule has 3 aromatic carbocycles. The van der Waals surface area contributed by atoms with Gasteiger partial charge in [0, 0.05) is 10.9 Å². The first-order chi connectivity index (χ1) is 14.8. The fraction of sp³-hybridized carbons (Fsp3) is 0.130. The molecule has 31 heavy (non-hydrogen) atoms. The number of rotatable bonds is 4. The zero-order valence-corrected chi connectivity index (χ0v) is 18.4. The van der Waals surface area contributed by atoms with Crippen LogP contribution in [0.2, 0.25) is 5.02 Å². The molecule has 8 heteroatoms. The molecule has 0 aliphatic carbocycles. The fourth-order valence-corrected chi connectivity index (χ4v) is 4.46. The zero-order valence-electron chi connectivity index (χ0n) is 16.8. The van der Waals surface area contributed by atoms with Gasteiger partial charge in [0.05, 0.1) is 17.2 Å². The molecule has 0 amide bonds. The van der Waals surface area contributed by atoms with E-state index in [2.05, 4.69) is 9.50 Å². The summed E-state index contributed by atoms with van der Waals surface area (Å²) in [6.45, 7) is 2.26. The Morgan fingerprint density at radius 2 is 1.68 bits per heavy atom. The van der Waals surface area contributed by atoms with Gasteiger partial charge in [-0.3, -0.25) is 0 Å². The normalized spacial score (nSPS) is 17.0. The SMILES string of the molecule is Cc1ccc(S(=O)(=O)/N=C(/N)N2C[C@@H](c3ccccc3)C(c3ccc(Cl)cc3)=N2)cc1. The molecule has 158 valence electrons. The lowest BCUT2D eigenvalue weighted by molar-refractivity contribution is 0.470.